The molecule has 2 atom stereocenters. The second-order valence-electron chi connectivity index (χ2n) is 4.63. The second kappa shape index (κ2) is 4.40. The van der Waals surface area contributed by atoms with Crippen LogP contribution in [-0.4, -0.2) is 18.4 Å². The zero-order valence-electron chi connectivity index (χ0n) is 9.70. The van der Waals surface area contributed by atoms with Gasteiger partial charge in [-0.3, -0.25) is 9.59 Å². The standard InChI is InChI=1S/C13H18O3/c1-2-16-12(15)13-8-5-3-4-6-10(7-9-13)11(13)14/h4,6,10H,2-3,5,7-9H2,1H3/b6-4-/t10-,13-/m0/s1. The van der Waals surface area contributed by atoms with Crippen LogP contribution in [0.2, 0.25) is 0 Å². The van der Waals surface area contributed by atoms with Crippen molar-refractivity contribution < 1.29 is 14.3 Å². The largest absolute Gasteiger partial charge is 0.465 e. The summed E-state index contributed by atoms with van der Waals surface area (Å²) < 4.78 is 5.09. The van der Waals surface area contributed by atoms with Gasteiger partial charge >= 0.3 is 5.97 Å². The van der Waals surface area contributed by atoms with E-state index in [1.165, 1.54) is 0 Å². The van der Waals surface area contributed by atoms with E-state index in [2.05, 4.69) is 6.08 Å². The third kappa shape index (κ3) is 1.68. The van der Waals surface area contributed by atoms with Gasteiger partial charge in [0.1, 0.15) is 5.41 Å². The lowest BCUT2D eigenvalue weighted by Gasteiger charge is -2.26. The van der Waals surface area contributed by atoms with Crippen molar-refractivity contribution in [1.29, 1.82) is 0 Å². The van der Waals surface area contributed by atoms with Gasteiger partial charge in [0, 0.05) is 5.92 Å². The molecule has 2 rings (SSSR count). The topological polar surface area (TPSA) is 43.4 Å². The number of fused-ring (bicyclic) bond motifs is 2. The molecule has 0 saturated heterocycles. The van der Waals surface area contributed by atoms with E-state index >= 15 is 0 Å². The number of ketones is 1. The Morgan fingerprint density at radius 1 is 1.56 bits per heavy atom. The van der Waals surface area contributed by atoms with Gasteiger partial charge in [0.05, 0.1) is 6.61 Å². The van der Waals surface area contributed by atoms with Crippen molar-refractivity contribution in [2.24, 2.45) is 11.3 Å². The lowest BCUT2D eigenvalue weighted by molar-refractivity contribution is -0.159. The summed E-state index contributed by atoms with van der Waals surface area (Å²) in [6.07, 6.45) is 8.03. The highest BCUT2D eigenvalue weighted by Gasteiger charge is 2.53. The second-order valence-corrected chi connectivity index (χ2v) is 4.63. The van der Waals surface area contributed by atoms with Crippen molar-refractivity contribution in [2.75, 3.05) is 6.61 Å². The first-order valence-electron chi connectivity index (χ1n) is 6.09. The number of hydrogen-bond donors (Lipinski definition) is 0. The highest BCUT2D eigenvalue weighted by atomic mass is 16.5. The van der Waals surface area contributed by atoms with Gasteiger partial charge in [-0.05, 0) is 39.0 Å². The molecule has 2 aliphatic rings. The summed E-state index contributed by atoms with van der Waals surface area (Å²) >= 11 is 0. The summed E-state index contributed by atoms with van der Waals surface area (Å²) in [5, 5.41) is 0. The number of hydrogen-bond acceptors (Lipinski definition) is 3. The molecule has 2 bridgehead atoms. The summed E-state index contributed by atoms with van der Waals surface area (Å²) in [4.78, 5) is 24.2. The average Bonchev–Trinajstić information content (AvgIpc) is 2.62. The minimum Gasteiger partial charge on any atom is -0.465 e. The molecule has 0 aromatic rings. The van der Waals surface area contributed by atoms with E-state index < -0.39 is 5.41 Å². The van der Waals surface area contributed by atoms with E-state index in [1.807, 2.05) is 6.08 Å². The molecule has 0 N–H and O–H groups in total. The summed E-state index contributed by atoms with van der Waals surface area (Å²) in [6.45, 7) is 2.14. The molecule has 0 heterocycles. The third-order valence-electron chi connectivity index (χ3n) is 3.70. The Morgan fingerprint density at radius 3 is 3.12 bits per heavy atom. The quantitative estimate of drug-likeness (QED) is 0.409. The van der Waals surface area contributed by atoms with E-state index in [0.717, 1.165) is 19.3 Å². The van der Waals surface area contributed by atoms with Crippen LogP contribution >= 0.6 is 0 Å². The Labute approximate surface area is 95.9 Å². The smallest absolute Gasteiger partial charge is 0.319 e. The lowest BCUT2D eigenvalue weighted by Crippen LogP contribution is -2.38. The van der Waals surface area contributed by atoms with Gasteiger partial charge in [0.15, 0.2) is 5.78 Å². The molecule has 3 heteroatoms. The number of esters is 1. The first-order chi connectivity index (χ1) is 7.70. The van der Waals surface area contributed by atoms with Gasteiger partial charge < -0.3 is 4.74 Å². The molecule has 0 radical (unpaired) electrons. The highest BCUT2D eigenvalue weighted by Crippen LogP contribution is 2.45. The maximum absolute atomic E-state index is 12.2. The average molecular weight is 222 g/mol. The highest BCUT2D eigenvalue weighted by molar-refractivity contribution is 6.07. The molecular weight excluding hydrogens is 204 g/mol. The Bertz CT molecular complexity index is 332. The minimum atomic E-state index is -0.814. The Balaban J connectivity index is 2.27. The van der Waals surface area contributed by atoms with Gasteiger partial charge in [-0.1, -0.05) is 12.2 Å². The van der Waals surface area contributed by atoms with Crippen molar-refractivity contribution in [1.82, 2.24) is 0 Å². The fourth-order valence-electron chi connectivity index (χ4n) is 2.80. The van der Waals surface area contributed by atoms with E-state index in [9.17, 15) is 9.59 Å². The van der Waals surface area contributed by atoms with Crippen molar-refractivity contribution >= 4 is 11.8 Å². The van der Waals surface area contributed by atoms with Crippen LogP contribution in [0.5, 0.6) is 0 Å². The van der Waals surface area contributed by atoms with Crippen LogP contribution in [0, 0.1) is 11.3 Å². The lowest BCUT2D eigenvalue weighted by atomic mass is 9.78. The molecule has 2 aliphatic carbocycles. The van der Waals surface area contributed by atoms with Crippen molar-refractivity contribution in [2.45, 2.75) is 39.0 Å². The molecule has 0 amide bonds. The molecule has 1 saturated carbocycles. The molecule has 0 unspecified atom stereocenters. The van der Waals surface area contributed by atoms with Gasteiger partial charge in [-0.2, -0.15) is 0 Å². The normalized spacial score (nSPS) is 35.3. The number of carbonyl (C=O) groups is 2. The summed E-state index contributed by atoms with van der Waals surface area (Å²) in [5.41, 5.74) is -0.814. The Kier molecular flexibility index (Phi) is 3.13. The molecule has 1 fully saturated rings. The predicted molar refractivity (Wildman–Crippen MR) is 59.8 cm³/mol. The van der Waals surface area contributed by atoms with Crippen molar-refractivity contribution in [3.63, 3.8) is 0 Å². The molecule has 88 valence electrons. The number of allylic oxidation sites excluding steroid dienone is 2. The zero-order valence-corrected chi connectivity index (χ0v) is 9.70. The Hall–Kier alpha value is -1.12. The fraction of sp³-hybridized carbons (Fsp3) is 0.692. The van der Waals surface area contributed by atoms with Gasteiger partial charge in [-0.25, -0.2) is 0 Å². The van der Waals surface area contributed by atoms with Crippen LogP contribution in [0.4, 0.5) is 0 Å². The van der Waals surface area contributed by atoms with Crippen LogP contribution in [0.15, 0.2) is 12.2 Å². The summed E-state index contributed by atoms with van der Waals surface area (Å²) in [5.74, 6) is -0.260. The van der Waals surface area contributed by atoms with E-state index in [0.29, 0.717) is 19.4 Å². The molecule has 0 spiro atoms. The minimum absolute atomic E-state index is 0.0512. The van der Waals surface area contributed by atoms with Crippen LogP contribution in [-0.2, 0) is 14.3 Å². The first-order valence-corrected chi connectivity index (χ1v) is 6.09. The maximum Gasteiger partial charge on any atom is 0.319 e. The van der Waals surface area contributed by atoms with Crippen molar-refractivity contribution in [3.8, 4) is 0 Å². The molecule has 3 nitrogen and oxygen atoms in total. The number of carbonyl (C=O) groups excluding carboxylic acids is 2. The number of ether oxygens (including phenoxy) is 1. The van der Waals surface area contributed by atoms with Gasteiger partial charge in [-0.15, -0.1) is 0 Å². The number of rotatable bonds is 2. The van der Waals surface area contributed by atoms with Crippen LogP contribution in [0.25, 0.3) is 0 Å². The van der Waals surface area contributed by atoms with Crippen LogP contribution in [0.3, 0.4) is 0 Å². The van der Waals surface area contributed by atoms with Crippen molar-refractivity contribution in [3.05, 3.63) is 12.2 Å². The molecular formula is C13H18O3. The van der Waals surface area contributed by atoms with Crippen LogP contribution < -0.4 is 0 Å². The van der Waals surface area contributed by atoms with E-state index in [-0.39, 0.29) is 17.7 Å². The zero-order chi connectivity index (χ0) is 11.6. The predicted octanol–water partition coefficient (Wildman–Crippen LogP) is 2.26. The first kappa shape index (κ1) is 11.4. The van der Waals surface area contributed by atoms with Gasteiger partial charge in [0.25, 0.3) is 0 Å². The molecule has 0 aromatic heterocycles. The maximum atomic E-state index is 12.2. The fourth-order valence-corrected chi connectivity index (χ4v) is 2.80. The summed E-state index contributed by atoms with van der Waals surface area (Å²) in [6, 6.07) is 0. The van der Waals surface area contributed by atoms with Gasteiger partial charge in [0.2, 0.25) is 0 Å². The monoisotopic (exact) mass is 222 g/mol. The number of Topliss-reactive ketones (excluding diaryl/α,β-unsaturated/α-hetero) is 1. The van der Waals surface area contributed by atoms with E-state index in [4.69, 9.17) is 4.74 Å². The van der Waals surface area contributed by atoms with E-state index in [1.54, 1.807) is 6.92 Å². The third-order valence-corrected chi connectivity index (χ3v) is 3.70. The Morgan fingerprint density at radius 2 is 2.38 bits per heavy atom. The SMILES string of the molecule is CCOC(=O)[C@@]12CCC/C=C\[C@@H](CC1)C2=O. The molecule has 16 heavy (non-hydrogen) atoms. The molecule has 0 aliphatic heterocycles. The summed E-state index contributed by atoms with van der Waals surface area (Å²) in [7, 11) is 0. The molecule has 0 aromatic carbocycles. The van der Waals surface area contributed by atoms with Crippen LogP contribution in [0.1, 0.15) is 39.0 Å².